The molecule has 0 spiro atoms. The van der Waals surface area contributed by atoms with E-state index in [1.165, 1.54) is 0 Å². The Morgan fingerprint density at radius 1 is 1.15 bits per heavy atom. The van der Waals surface area contributed by atoms with Crippen LogP contribution < -0.4 is 10.6 Å². The fourth-order valence-corrected chi connectivity index (χ4v) is 2.02. The molecule has 0 atom stereocenters. The highest BCUT2D eigenvalue weighted by atomic mass is 15.1. The maximum absolute atomic E-state index is 4.29. The normalized spacial score (nSPS) is 10.5. The van der Waals surface area contributed by atoms with Crippen molar-refractivity contribution in [2.75, 3.05) is 23.7 Å². The first kappa shape index (κ1) is 14.3. The number of unbranched alkanes of at least 4 members (excludes halogenated alkanes) is 1. The highest BCUT2D eigenvalue weighted by Gasteiger charge is 2.05. The van der Waals surface area contributed by atoms with E-state index in [4.69, 9.17) is 0 Å². The molecule has 0 aliphatic heterocycles. The molecular weight excluding hydrogens is 252 g/mol. The van der Waals surface area contributed by atoms with Gasteiger partial charge < -0.3 is 15.2 Å². The van der Waals surface area contributed by atoms with Gasteiger partial charge in [0.05, 0.1) is 6.33 Å². The minimum absolute atomic E-state index is 0.863. The average molecular weight is 274 g/mol. The van der Waals surface area contributed by atoms with Crippen molar-refractivity contribution in [3.8, 4) is 0 Å². The van der Waals surface area contributed by atoms with Gasteiger partial charge in [0.25, 0.3) is 0 Å². The van der Waals surface area contributed by atoms with Gasteiger partial charge in [-0.3, -0.25) is 0 Å². The van der Waals surface area contributed by atoms with Gasteiger partial charge in [-0.25, -0.2) is 15.0 Å². The van der Waals surface area contributed by atoms with E-state index in [9.17, 15) is 0 Å². The van der Waals surface area contributed by atoms with E-state index in [0.29, 0.717) is 0 Å². The monoisotopic (exact) mass is 274 g/mol. The molecule has 2 aromatic heterocycles. The fraction of sp³-hybridized carbons (Fsp3) is 0.500. The van der Waals surface area contributed by atoms with Crippen molar-refractivity contribution in [3.05, 3.63) is 30.6 Å². The summed E-state index contributed by atoms with van der Waals surface area (Å²) in [5, 5.41) is 6.61. The molecule has 0 fully saturated rings. The van der Waals surface area contributed by atoms with Gasteiger partial charge in [-0.15, -0.1) is 0 Å². The van der Waals surface area contributed by atoms with E-state index >= 15 is 0 Å². The lowest BCUT2D eigenvalue weighted by molar-refractivity contribution is 0.620. The SMILES string of the molecule is CCNc1ncnc(NCCCCn2ccnc2)c1C. The molecule has 20 heavy (non-hydrogen) atoms. The van der Waals surface area contributed by atoms with Crippen molar-refractivity contribution in [1.29, 1.82) is 0 Å². The number of nitrogens with one attached hydrogen (secondary N) is 2. The lowest BCUT2D eigenvalue weighted by Crippen LogP contribution is -2.09. The average Bonchev–Trinajstić information content (AvgIpc) is 2.96. The first-order chi connectivity index (χ1) is 9.81. The van der Waals surface area contributed by atoms with Crippen molar-refractivity contribution >= 4 is 11.6 Å². The molecule has 2 heterocycles. The Bertz CT molecular complexity index is 508. The number of anilines is 2. The quantitative estimate of drug-likeness (QED) is 0.723. The molecule has 108 valence electrons. The minimum atomic E-state index is 0.863. The van der Waals surface area contributed by atoms with Gasteiger partial charge in [0.2, 0.25) is 0 Å². The van der Waals surface area contributed by atoms with Crippen LogP contribution in [-0.2, 0) is 6.54 Å². The van der Waals surface area contributed by atoms with Crippen LogP contribution in [0.4, 0.5) is 11.6 Å². The number of rotatable bonds is 8. The molecule has 0 aliphatic carbocycles. The zero-order valence-electron chi connectivity index (χ0n) is 12.1. The summed E-state index contributed by atoms with van der Waals surface area (Å²) in [5.41, 5.74) is 1.07. The standard InChI is InChI=1S/C14H22N6/c1-3-16-13-12(2)14(19-10-18-13)17-6-4-5-8-20-9-7-15-11-20/h7,9-11H,3-6,8H2,1-2H3,(H2,16,17,18,19). The second kappa shape index (κ2) is 7.47. The smallest absolute Gasteiger partial charge is 0.134 e. The Balaban J connectivity index is 1.75. The maximum Gasteiger partial charge on any atom is 0.134 e. The van der Waals surface area contributed by atoms with Gasteiger partial charge in [0.15, 0.2) is 0 Å². The van der Waals surface area contributed by atoms with E-state index in [2.05, 4.69) is 37.1 Å². The summed E-state index contributed by atoms with van der Waals surface area (Å²) < 4.78 is 2.10. The third-order valence-corrected chi connectivity index (χ3v) is 3.12. The molecule has 6 nitrogen and oxygen atoms in total. The molecular formula is C14H22N6. The van der Waals surface area contributed by atoms with Gasteiger partial charge in [0, 0.05) is 37.6 Å². The molecule has 0 saturated heterocycles. The van der Waals surface area contributed by atoms with E-state index < -0.39 is 0 Å². The van der Waals surface area contributed by atoms with Crippen LogP contribution >= 0.6 is 0 Å². The van der Waals surface area contributed by atoms with Gasteiger partial charge in [0.1, 0.15) is 18.0 Å². The zero-order chi connectivity index (χ0) is 14.2. The molecule has 6 heteroatoms. The number of aromatic nitrogens is 4. The molecule has 0 radical (unpaired) electrons. The molecule has 2 rings (SSSR count). The summed E-state index contributed by atoms with van der Waals surface area (Å²) in [6, 6.07) is 0. The molecule has 0 aliphatic rings. The molecule has 0 unspecified atom stereocenters. The highest BCUT2D eigenvalue weighted by molar-refractivity contribution is 5.56. The second-order valence-corrected chi connectivity index (χ2v) is 4.66. The van der Waals surface area contributed by atoms with Crippen LogP contribution in [0.25, 0.3) is 0 Å². The molecule has 2 aromatic rings. The van der Waals surface area contributed by atoms with Crippen molar-refractivity contribution < 1.29 is 0 Å². The number of imidazole rings is 1. The lowest BCUT2D eigenvalue weighted by atomic mass is 10.2. The Morgan fingerprint density at radius 3 is 2.65 bits per heavy atom. The summed E-state index contributed by atoms with van der Waals surface area (Å²) in [5.74, 6) is 1.82. The lowest BCUT2D eigenvalue weighted by Gasteiger charge is -2.11. The van der Waals surface area contributed by atoms with Crippen molar-refractivity contribution in [2.24, 2.45) is 0 Å². The maximum atomic E-state index is 4.29. The zero-order valence-corrected chi connectivity index (χ0v) is 12.1. The topological polar surface area (TPSA) is 67.7 Å². The number of hydrogen-bond acceptors (Lipinski definition) is 5. The Labute approximate surface area is 119 Å². The summed E-state index contributed by atoms with van der Waals surface area (Å²) in [6.45, 7) is 6.88. The van der Waals surface area contributed by atoms with E-state index in [1.807, 2.05) is 25.6 Å². The van der Waals surface area contributed by atoms with Gasteiger partial charge in [-0.2, -0.15) is 0 Å². The minimum Gasteiger partial charge on any atom is -0.370 e. The van der Waals surface area contributed by atoms with Crippen LogP contribution in [0.3, 0.4) is 0 Å². The number of hydrogen-bond donors (Lipinski definition) is 2. The van der Waals surface area contributed by atoms with E-state index in [0.717, 1.165) is 49.7 Å². The van der Waals surface area contributed by atoms with Gasteiger partial charge in [-0.05, 0) is 26.7 Å². The molecule has 0 saturated carbocycles. The summed E-state index contributed by atoms with van der Waals surface area (Å²) in [7, 11) is 0. The largest absolute Gasteiger partial charge is 0.370 e. The van der Waals surface area contributed by atoms with E-state index in [1.54, 1.807) is 6.33 Å². The second-order valence-electron chi connectivity index (χ2n) is 4.66. The molecule has 0 aromatic carbocycles. The Morgan fingerprint density at radius 2 is 1.95 bits per heavy atom. The van der Waals surface area contributed by atoms with Crippen LogP contribution in [-0.4, -0.2) is 32.6 Å². The van der Waals surface area contributed by atoms with Crippen molar-refractivity contribution in [3.63, 3.8) is 0 Å². The van der Waals surface area contributed by atoms with Crippen molar-refractivity contribution in [2.45, 2.75) is 33.2 Å². The summed E-state index contributed by atoms with van der Waals surface area (Å²) in [6.07, 6.45) is 9.46. The third-order valence-electron chi connectivity index (χ3n) is 3.12. The first-order valence-corrected chi connectivity index (χ1v) is 7.06. The molecule has 2 N–H and O–H groups in total. The summed E-state index contributed by atoms with van der Waals surface area (Å²) in [4.78, 5) is 12.6. The van der Waals surface area contributed by atoms with Crippen LogP contribution in [0.5, 0.6) is 0 Å². The predicted octanol–water partition coefficient (Wildman–Crippen LogP) is 2.31. The Hall–Kier alpha value is -2.11. The Kier molecular flexibility index (Phi) is 5.34. The van der Waals surface area contributed by atoms with Crippen LogP contribution in [0.2, 0.25) is 0 Å². The summed E-state index contributed by atoms with van der Waals surface area (Å²) >= 11 is 0. The highest BCUT2D eigenvalue weighted by Crippen LogP contribution is 2.17. The number of aryl methyl sites for hydroxylation is 1. The fourth-order valence-electron chi connectivity index (χ4n) is 2.02. The molecule has 0 amide bonds. The van der Waals surface area contributed by atoms with Crippen molar-refractivity contribution in [1.82, 2.24) is 19.5 Å². The van der Waals surface area contributed by atoms with Crippen LogP contribution in [0.15, 0.2) is 25.0 Å². The third kappa shape index (κ3) is 3.94. The van der Waals surface area contributed by atoms with Crippen LogP contribution in [0, 0.1) is 6.92 Å². The number of nitrogens with zero attached hydrogens (tertiary/aromatic N) is 4. The van der Waals surface area contributed by atoms with Crippen LogP contribution in [0.1, 0.15) is 25.3 Å². The van der Waals surface area contributed by atoms with Gasteiger partial charge in [-0.1, -0.05) is 0 Å². The first-order valence-electron chi connectivity index (χ1n) is 7.06. The van der Waals surface area contributed by atoms with E-state index in [-0.39, 0.29) is 0 Å². The molecule has 0 bridgehead atoms. The van der Waals surface area contributed by atoms with Gasteiger partial charge >= 0.3 is 0 Å². The predicted molar refractivity (Wildman–Crippen MR) is 80.9 cm³/mol.